The fraction of sp³-hybridized carbons (Fsp3) is 0.333. The number of hydrogen-bond acceptors (Lipinski definition) is 3. The van der Waals surface area contributed by atoms with Crippen LogP contribution in [0.25, 0.3) is 0 Å². The first-order valence-electron chi connectivity index (χ1n) is 4.25. The van der Waals surface area contributed by atoms with Crippen LogP contribution in [0, 0.1) is 0 Å². The summed E-state index contributed by atoms with van der Waals surface area (Å²) in [6.45, 7) is 0.672. The van der Waals surface area contributed by atoms with E-state index in [0.717, 1.165) is 0 Å². The lowest BCUT2D eigenvalue weighted by molar-refractivity contribution is 0.102. The van der Waals surface area contributed by atoms with Gasteiger partial charge in [0.05, 0.1) is 6.61 Å². The maximum atomic E-state index is 5.57. The minimum absolute atomic E-state index is 0.0843. The van der Waals surface area contributed by atoms with Crippen LogP contribution in [-0.2, 0) is 13.6 Å². The fourth-order valence-corrected chi connectivity index (χ4v) is 2.86. The quantitative estimate of drug-likeness (QED) is 0.645. The summed E-state index contributed by atoms with van der Waals surface area (Å²) in [6, 6.07) is 10.1. The zero-order valence-corrected chi connectivity index (χ0v) is 7.81. The van der Waals surface area contributed by atoms with Gasteiger partial charge >= 0.3 is 8.60 Å². The van der Waals surface area contributed by atoms with Gasteiger partial charge in [-0.05, 0) is 5.56 Å². The highest BCUT2D eigenvalue weighted by molar-refractivity contribution is 7.42. The van der Waals surface area contributed by atoms with Crippen molar-refractivity contribution in [3.8, 4) is 0 Å². The maximum Gasteiger partial charge on any atom is 0.333 e. The molecule has 0 N–H and O–H groups in total. The van der Waals surface area contributed by atoms with E-state index in [4.69, 9.17) is 13.6 Å². The SMILES string of the molecule is c1ccc([C@H]2OP3OC[C@H]2O3)cc1. The van der Waals surface area contributed by atoms with Crippen molar-refractivity contribution in [3.05, 3.63) is 35.9 Å². The van der Waals surface area contributed by atoms with Crippen LogP contribution >= 0.6 is 8.60 Å². The molecule has 3 atom stereocenters. The van der Waals surface area contributed by atoms with Crippen LogP contribution in [0.2, 0.25) is 0 Å². The van der Waals surface area contributed by atoms with Crippen LogP contribution in [0.3, 0.4) is 0 Å². The molecule has 0 saturated carbocycles. The van der Waals surface area contributed by atoms with Crippen molar-refractivity contribution in [1.29, 1.82) is 0 Å². The van der Waals surface area contributed by atoms with Gasteiger partial charge in [-0.3, -0.25) is 0 Å². The van der Waals surface area contributed by atoms with Crippen LogP contribution < -0.4 is 0 Å². The predicted molar refractivity (Wildman–Crippen MR) is 48.0 cm³/mol. The summed E-state index contributed by atoms with van der Waals surface area (Å²) in [5, 5.41) is 0. The fourth-order valence-electron chi connectivity index (χ4n) is 1.58. The van der Waals surface area contributed by atoms with Gasteiger partial charge < -0.3 is 13.6 Å². The Morgan fingerprint density at radius 2 is 2.00 bits per heavy atom. The van der Waals surface area contributed by atoms with Crippen LogP contribution in [0.15, 0.2) is 30.3 Å². The second-order valence-electron chi connectivity index (χ2n) is 3.10. The smallest absolute Gasteiger partial charge is 0.309 e. The van der Waals surface area contributed by atoms with Crippen molar-refractivity contribution in [2.24, 2.45) is 0 Å². The molecule has 0 aliphatic carbocycles. The molecule has 3 nitrogen and oxygen atoms in total. The molecule has 0 amide bonds. The molecule has 68 valence electrons. The van der Waals surface area contributed by atoms with E-state index < -0.39 is 8.60 Å². The third kappa shape index (κ3) is 1.29. The van der Waals surface area contributed by atoms with Gasteiger partial charge in [0.15, 0.2) is 0 Å². The Hall–Kier alpha value is -0.470. The lowest BCUT2D eigenvalue weighted by Crippen LogP contribution is -2.19. The molecular formula is C9H9O3P. The monoisotopic (exact) mass is 196 g/mol. The Kier molecular flexibility index (Phi) is 1.84. The van der Waals surface area contributed by atoms with Crippen molar-refractivity contribution in [3.63, 3.8) is 0 Å². The van der Waals surface area contributed by atoms with Gasteiger partial charge in [0.2, 0.25) is 0 Å². The average molecular weight is 196 g/mol. The van der Waals surface area contributed by atoms with E-state index in [1.807, 2.05) is 18.2 Å². The van der Waals surface area contributed by atoms with Gasteiger partial charge in [-0.1, -0.05) is 30.3 Å². The van der Waals surface area contributed by atoms with E-state index in [1.54, 1.807) is 0 Å². The summed E-state index contributed by atoms with van der Waals surface area (Å²) in [7, 11) is -1.03. The van der Waals surface area contributed by atoms with E-state index in [2.05, 4.69) is 12.1 Å². The minimum atomic E-state index is -1.03. The number of rotatable bonds is 1. The van der Waals surface area contributed by atoms with Gasteiger partial charge in [0.1, 0.15) is 12.2 Å². The molecule has 2 bridgehead atoms. The van der Waals surface area contributed by atoms with E-state index in [1.165, 1.54) is 5.56 Å². The van der Waals surface area contributed by atoms with Gasteiger partial charge in [-0.2, -0.15) is 0 Å². The molecular weight excluding hydrogens is 187 g/mol. The van der Waals surface area contributed by atoms with E-state index in [9.17, 15) is 0 Å². The first-order valence-corrected chi connectivity index (χ1v) is 5.34. The molecule has 13 heavy (non-hydrogen) atoms. The topological polar surface area (TPSA) is 27.7 Å². The summed E-state index contributed by atoms with van der Waals surface area (Å²) >= 11 is 0. The Morgan fingerprint density at radius 3 is 2.62 bits per heavy atom. The number of fused-ring (bicyclic) bond motifs is 2. The number of hydrogen-bond donors (Lipinski definition) is 0. The molecule has 0 radical (unpaired) electrons. The molecule has 2 aliphatic rings. The highest BCUT2D eigenvalue weighted by Crippen LogP contribution is 2.59. The van der Waals surface area contributed by atoms with Crippen LogP contribution in [0.4, 0.5) is 0 Å². The first-order chi connectivity index (χ1) is 6.43. The van der Waals surface area contributed by atoms with Crippen molar-refractivity contribution in [2.75, 3.05) is 6.61 Å². The molecule has 4 heteroatoms. The summed E-state index contributed by atoms with van der Waals surface area (Å²) in [5.41, 5.74) is 1.18. The van der Waals surface area contributed by atoms with E-state index in [0.29, 0.717) is 6.61 Å². The van der Waals surface area contributed by atoms with Gasteiger partial charge in [0.25, 0.3) is 0 Å². The molecule has 1 aromatic rings. The molecule has 1 unspecified atom stereocenters. The third-order valence-electron chi connectivity index (χ3n) is 2.23. The lowest BCUT2D eigenvalue weighted by atomic mass is 10.1. The van der Waals surface area contributed by atoms with Gasteiger partial charge in [-0.25, -0.2) is 0 Å². The Balaban J connectivity index is 1.87. The molecule has 0 spiro atoms. The summed E-state index contributed by atoms with van der Waals surface area (Å²) < 4.78 is 16.3. The molecule has 2 fully saturated rings. The van der Waals surface area contributed by atoms with Crippen LogP contribution in [0.1, 0.15) is 11.7 Å². The second-order valence-corrected chi connectivity index (χ2v) is 4.23. The van der Waals surface area contributed by atoms with Gasteiger partial charge in [0, 0.05) is 0 Å². The highest BCUT2D eigenvalue weighted by Gasteiger charge is 2.45. The number of benzene rings is 1. The molecule has 2 aliphatic heterocycles. The van der Waals surface area contributed by atoms with Crippen molar-refractivity contribution >= 4 is 8.60 Å². The van der Waals surface area contributed by atoms with Crippen molar-refractivity contribution in [2.45, 2.75) is 12.2 Å². The zero-order chi connectivity index (χ0) is 8.67. The molecule has 0 aromatic heterocycles. The Bertz CT molecular complexity index is 303. The molecule has 1 aromatic carbocycles. The molecule has 2 saturated heterocycles. The first kappa shape index (κ1) is 7.89. The van der Waals surface area contributed by atoms with Crippen LogP contribution in [0.5, 0.6) is 0 Å². The van der Waals surface area contributed by atoms with Crippen LogP contribution in [-0.4, -0.2) is 12.7 Å². The predicted octanol–water partition coefficient (Wildman–Crippen LogP) is 2.40. The minimum Gasteiger partial charge on any atom is -0.309 e. The lowest BCUT2D eigenvalue weighted by Gasteiger charge is -2.17. The largest absolute Gasteiger partial charge is 0.333 e. The van der Waals surface area contributed by atoms with Crippen molar-refractivity contribution in [1.82, 2.24) is 0 Å². The van der Waals surface area contributed by atoms with E-state index >= 15 is 0 Å². The normalized spacial score (nSPS) is 36.8. The summed E-state index contributed by atoms with van der Waals surface area (Å²) in [4.78, 5) is 0. The second kappa shape index (κ2) is 3.03. The van der Waals surface area contributed by atoms with Crippen molar-refractivity contribution < 1.29 is 13.6 Å². The Morgan fingerprint density at radius 1 is 1.15 bits per heavy atom. The highest BCUT2D eigenvalue weighted by atomic mass is 31.2. The van der Waals surface area contributed by atoms with E-state index in [-0.39, 0.29) is 12.2 Å². The average Bonchev–Trinajstić information content (AvgIpc) is 2.80. The molecule has 2 heterocycles. The third-order valence-corrected chi connectivity index (χ3v) is 3.43. The summed E-state index contributed by atoms with van der Waals surface area (Å²) in [6.07, 6.45) is 0.189. The zero-order valence-electron chi connectivity index (χ0n) is 6.92. The Labute approximate surface area is 77.6 Å². The maximum absolute atomic E-state index is 5.57. The standard InChI is InChI=1S/C9H9O3P/c1-2-4-7(5-3-1)9-8-6-10-13(11-8)12-9/h1-5,8-9H,6H2/t8-,9-,13?/m1/s1. The summed E-state index contributed by atoms with van der Waals surface area (Å²) in [5.74, 6) is 0. The van der Waals surface area contributed by atoms with Gasteiger partial charge in [-0.15, -0.1) is 0 Å². The molecule has 3 rings (SSSR count).